The van der Waals surface area contributed by atoms with Crippen LogP contribution in [0, 0.1) is 0 Å². The number of hydrazine groups is 1. The SMILES string of the molecule is CNN(Cc1ccccc1)C1CCCCC1. The minimum Gasteiger partial charge on any atom is -0.258 e. The van der Waals surface area contributed by atoms with E-state index in [9.17, 15) is 0 Å². The zero-order chi connectivity index (χ0) is 11.2. The van der Waals surface area contributed by atoms with E-state index in [1.54, 1.807) is 0 Å². The fraction of sp³-hybridized carbons (Fsp3) is 0.571. The van der Waals surface area contributed by atoms with Crippen LogP contribution in [0.25, 0.3) is 0 Å². The minimum atomic E-state index is 0.721. The van der Waals surface area contributed by atoms with Crippen LogP contribution in [0.1, 0.15) is 37.7 Å². The van der Waals surface area contributed by atoms with Gasteiger partial charge >= 0.3 is 0 Å². The molecule has 0 amide bonds. The molecule has 2 heteroatoms. The normalized spacial score (nSPS) is 17.9. The number of hydrogen-bond acceptors (Lipinski definition) is 2. The van der Waals surface area contributed by atoms with Gasteiger partial charge < -0.3 is 0 Å². The molecule has 16 heavy (non-hydrogen) atoms. The summed E-state index contributed by atoms with van der Waals surface area (Å²) < 4.78 is 0. The van der Waals surface area contributed by atoms with Gasteiger partial charge in [0.1, 0.15) is 0 Å². The van der Waals surface area contributed by atoms with Gasteiger partial charge in [0.05, 0.1) is 0 Å². The highest BCUT2D eigenvalue weighted by Crippen LogP contribution is 2.22. The van der Waals surface area contributed by atoms with Crippen molar-refractivity contribution in [3.63, 3.8) is 0 Å². The fourth-order valence-corrected chi connectivity index (χ4v) is 2.56. The van der Waals surface area contributed by atoms with Gasteiger partial charge in [-0.25, -0.2) is 5.01 Å². The molecule has 0 radical (unpaired) electrons. The monoisotopic (exact) mass is 218 g/mol. The highest BCUT2D eigenvalue weighted by Gasteiger charge is 2.19. The smallest absolute Gasteiger partial charge is 0.0384 e. The lowest BCUT2D eigenvalue weighted by atomic mass is 9.95. The number of rotatable bonds is 4. The summed E-state index contributed by atoms with van der Waals surface area (Å²) in [5.41, 5.74) is 4.74. The van der Waals surface area contributed by atoms with E-state index in [0.717, 1.165) is 12.6 Å². The van der Waals surface area contributed by atoms with E-state index in [0.29, 0.717) is 0 Å². The van der Waals surface area contributed by atoms with Crippen molar-refractivity contribution in [2.75, 3.05) is 7.05 Å². The van der Waals surface area contributed by atoms with Gasteiger partial charge in [0.25, 0.3) is 0 Å². The summed E-state index contributed by atoms with van der Waals surface area (Å²) in [4.78, 5) is 0. The third-order valence-electron chi connectivity index (χ3n) is 3.50. The van der Waals surface area contributed by atoms with Crippen LogP contribution < -0.4 is 5.43 Å². The van der Waals surface area contributed by atoms with Crippen LogP contribution in [0.15, 0.2) is 30.3 Å². The van der Waals surface area contributed by atoms with Crippen molar-refractivity contribution in [3.8, 4) is 0 Å². The molecule has 1 N–H and O–H groups in total. The van der Waals surface area contributed by atoms with Gasteiger partial charge in [-0.05, 0) is 25.5 Å². The second-order valence-electron chi connectivity index (χ2n) is 4.63. The largest absolute Gasteiger partial charge is 0.258 e. The molecule has 0 aromatic heterocycles. The highest BCUT2D eigenvalue weighted by atomic mass is 15.5. The van der Waals surface area contributed by atoms with Crippen LogP contribution in [0.3, 0.4) is 0 Å². The van der Waals surface area contributed by atoms with Crippen molar-refractivity contribution in [2.45, 2.75) is 44.7 Å². The molecule has 1 fully saturated rings. The summed E-state index contributed by atoms with van der Waals surface area (Å²) >= 11 is 0. The Labute approximate surface area is 98.6 Å². The van der Waals surface area contributed by atoms with Crippen LogP contribution in [0.2, 0.25) is 0 Å². The van der Waals surface area contributed by atoms with Crippen molar-refractivity contribution in [3.05, 3.63) is 35.9 Å². The second-order valence-corrected chi connectivity index (χ2v) is 4.63. The van der Waals surface area contributed by atoms with Crippen LogP contribution in [-0.4, -0.2) is 18.1 Å². The fourth-order valence-electron chi connectivity index (χ4n) is 2.56. The Morgan fingerprint density at radius 1 is 1.12 bits per heavy atom. The molecule has 0 saturated heterocycles. The van der Waals surface area contributed by atoms with Gasteiger partial charge in [-0.15, -0.1) is 0 Å². The molecular weight excluding hydrogens is 196 g/mol. The maximum atomic E-state index is 3.35. The van der Waals surface area contributed by atoms with Gasteiger partial charge in [-0.2, -0.15) is 0 Å². The summed E-state index contributed by atoms with van der Waals surface area (Å²) in [5.74, 6) is 0. The maximum Gasteiger partial charge on any atom is 0.0384 e. The van der Waals surface area contributed by atoms with Crippen molar-refractivity contribution in [2.24, 2.45) is 0 Å². The Morgan fingerprint density at radius 3 is 2.44 bits per heavy atom. The number of nitrogens with one attached hydrogen (secondary N) is 1. The molecule has 0 bridgehead atoms. The molecule has 1 aromatic rings. The molecule has 0 spiro atoms. The van der Waals surface area contributed by atoms with Gasteiger partial charge in [0, 0.05) is 12.6 Å². The quantitative estimate of drug-likeness (QED) is 0.782. The van der Waals surface area contributed by atoms with E-state index >= 15 is 0 Å². The Bertz CT molecular complexity index is 291. The van der Waals surface area contributed by atoms with Gasteiger partial charge in [-0.3, -0.25) is 5.43 Å². The number of benzene rings is 1. The summed E-state index contributed by atoms with van der Waals surface area (Å²) in [6.07, 6.45) is 6.87. The first-order valence-electron chi connectivity index (χ1n) is 6.38. The lowest BCUT2D eigenvalue weighted by Gasteiger charge is -2.33. The topological polar surface area (TPSA) is 15.3 Å². The lowest BCUT2D eigenvalue weighted by Crippen LogP contribution is -2.44. The van der Waals surface area contributed by atoms with E-state index < -0.39 is 0 Å². The van der Waals surface area contributed by atoms with Crippen molar-refractivity contribution in [1.82, 2.24) is 10.4 Å². The molecular formula is C14H22N2. The molecule has 2 rings (SSSR count). The summed E-state index contributed by atoms with van der Waals surface area (Å²) in [5, 5.41) is 2.40. The van der Waals surface area contributed by atoms with Gasteiger partial charge in [0.2, 0.25) is 0 Å². The van der Waals surface area contributed by atoms with Gasteiger partial charge in [0.15, 0.2) is 0 Å². The third kappa shape index (κ3) is 3.06. The molecule has 1 aromatic carbocycles. The molecule has 1 aliphatic carbocycles. The summed E-state index contributed by atoms with van der Waals surface area (Å²) in [6, 6.07) is 11.4. The Balaban J connectivity index is 1.94. The second kappa shape index (κ2) is 6.02. The number of hydrogen-bond donors (Lipinski definition) is 1. The van der Waals surface area contributed by atoms with E-state index in [-0.39, 0.29) is 0 Å². The molecule has 0 atom stereocenters. The molecule has 88 valence electrons. The first kappa shape index (κ1) is 11.6. The Kier molecular flexibility index (Phi) is 4.37. The average Bonchev–Trinajstić information content (AvgIpc) is 2.38. The first-order chi connectivity index (χ1) is 7.90. The van der Waals surface area contributed by atoms with E-state index in [1.807, 2.05) is 7.05 Å². The Hall–Kier alpha value is -0.860. The molecule has 1 aliphatic rings. The van der Waals surface area contributed by atoms with Crippen LogP contribution in [0.5, 0.6) is 0 Å². The summed E-state index contributed by atoms with van der Waals surface area (Å²) in [7, 11) is 2.04. The van der Waals surface area contributed by atoms with E-state index in [4.69, 9.17) is 0 Å². The van der Waals surface area contributed by atoms with Crippen LogP contribution in [0.4, 0.5) is 0 Å². The van der Waals surface area contributed by atoms with Crippen molar-refractivity contribution < 1.29 is 0 Å². The van der Waals surface area contributed by atoms with Gasteiger partial charge in [-0.1, -0.05) is 49.6 Å². The van der Waals surface area contributed by atoms with Crippen LogP contribution in [-0.2, 0) is 6.54 Å². The minimum absolute atomic E-state index is 0.721. The highest BCUT2D eigenvalue weighted by molar-refractivity contribution is 5.14. The molecule has 1 saturated carbocycles. The van der Waals surface area contributed by atoms with E-state index in [2.05, 4.69) is 40.8 Å². The summed E-state index contributed by atoms with van der Waals surface area (Å²) in [6.45, 7) is 1.02. The Morgan fingerprint density at radius 2 is 1.81 bits per heavy atom. The predicted octanol–water partition coefficient (Wildman–Crippen LogP) is 2.96. The predicted molar refractivity (Wildman–Crippen MR) is 67.9 cm³/mol. The standard InChI is InChI=1S/C14H22N2/c1-15-16(14-10-6-3-7-11-14)12-13-8-4-2-5-9-13/h2,4-5,8-9,14-15H,3,6-7,10-12H2,1H3. The molecule has 2 nitrogen and oxygen atoms in total. The lowest BCUT2D eigenvalue weighted by molar-refractivity contribution is 0.0990. The zero-order valence-electron chi connectivity index (χ0n) is 10.2. The molecule has 0 heterocycles. The zero-order valence-corrected chi connectivity index (χ0v) is 10.2. The van der Waals surface area contributed by atoms with Crippen molar-refractivity contribution >= 4 is 0 Å². The van der Waals surface area contributed by atoms with Crippen LogP contribution >= 0.6 is 0 Å². The third-order valence-corrected chi connectivity index (χ3v) is 3.50. The average molecular weight is 218 g/mol. The molecule has 0 unspecified atom stereocenters. The first-order valence-corrected chi connectivity index (χ1v) is 6.38. The van der Waals surface area contributed by atoms with Crippen molar-refractivity contribution in [1.29, 1.82) is 0 Å². The number of nitrogens with zero attached hydrogens (tertiary/aromatic N) is 1. The maximum absolute atomic E-state index is 3.35. The van der Waals surface area contributed by atoms with E-state index in [1.165, 1.54) is 37.7 Å². The molecule has 0 aliphatic heterocycles.